The van der Waals surface area contributed by atoms with Crippen molar-refractivity contribution < 1.29 is 4.79 Å². The Labute approximate surface area is 111 Å². The Balaban J connectivity index is 1.97. The van der Waals surface area contributed by atoms with Gasteiger partial charge in [0.25, 0.3) is 0 Å². The lowest BCUT2D eigenvalue weighted by molar-refractivity contribution is 0.0910. The molecule has 0 saturated heterocycles. The van der Waals surface area contributed by atoms with Crippen molar-refractivity contribution in [3.05, 3.63) is 45.9 Å². The first kappa shape index (κ1) is 11.7. The van der Waals surface area contributed by atoms with E-state index in [4.69, 9.17) is 0 Å². The highest BCUT2D eigenvalue weighted by atomic mass is 32.1. The average Bonchev–Trinajstić information content (AvgIpc) is 2.88. The number of aromatic nitrogens is 1. The van der Waals surface area contributed by atoms with Gasteiger partial charge in [0.05, 0.1) is 0 Å². The van der Waals surface area contributed by atoms with Crippen LogP contribution in [0.5, 0.6) is 0 Å². The van der Waals surface area contributed by atoms with Crippen LogP contribution < -0.4 is 0 Å². The van der Waals surface area contributed by atoms with Gasteiger partial charge in [-0.25, -0.2) is 0 Å². The van der Waals surface area contributed by atoms with Crippen molar-refractivity contribution in [2.24, 2.45) is 5.41 Å². The molecule has 0 aliphatic heterocycles. The molecule has 2 heterocycles. The van der Waals surface area contributed by atoms with E-state index < -0.39 is 0 Å². The van der Waals surface area contributed by atoms with Crippen LogP contribution in [0.4, 0.5) is 0 Å². The van der Waals surface area contributed by atoms with Gasteiger partial charge in [-0.3, -0.25) is 4.79 Å². The molecule has 0 aromatic carbocycles. The minimum absolute atomic E-state index is 0.0921. The van der Waals surface area contributed by atoms with E-state index in [0.717, 1.165) is 18.5 Å². The quantitative estimate of drug-likeness (QED) is 0.805. The summed E-state index contributed by atoms with van der Waals surface area (Å²) in [5.74, 6) is 0.297. The third kappa shape index (κ3) is 2.03. The van der Waals surface area contributed by atoms with Crippen LogP contribution in [0, 0.1) is 5.41 Å². The molecule has 0 N–H and O–H groups in total. The summed E-state index contributed by atoms with van der Waals surface area (Å²) >= 11 is 1.72. The molecular formula is C15H17NOS. The van der Waals surface area contributed by atoms with E-state index in [2.05, 4.69) is 41.4 Å². The zero-order valence-corrected chi connectivity index (χ0v) is 11.6. The van der Waals surface area contributed by atoms with E-state index >= 15 is 0 Å². The van der Waals surface area contributed by atoms with Crippen LogP contribution in [0.15, 0.2) is 29.1 Å². The van der Waals surface area contributed by atoms with Crippen molar-refractivity contribution in [3.8, 4) is 0 Å². The third-order valence-corrected chi connectivity index (χ3v) is 4.33. The number of carbonyl (C=O) groups excluding carboxylic acids is 1. The number of nitrogens with zero attached hydrogens (tertiary/aromatic N) is 1. The molecule has 1 aliphatic carbocycles. The highest BCUT2D eigenvalue weighted by Crippen LogP contribution is 2.35. The lowest BCUT2D eigenvalue weighted by Gasteiger charge is -2.29. The lowest BCUT2D eigenvalue weighted by atomic mass is 9.76. The van der Waals surface area contributed by atoms with Crippen molar-refractivity contribution in [1.82, 2.24) is 4.57 Å². The Hall–Kier alpha value is -1.35. The molecule has 0 spiro atoms. The predicted octanol–water partition coefficient (Wildman–Crippen LogP) is 3.75. The Morgan fingerprint density at radius 2 is 2.17 bits per heavy atom. The van der Waals surface area contributed by atoms with Crippen LogP contribution in [0.1, 0.15) is 41.9 Å². The molecule has 0 amide bonds. The van der Waals surface area contributed by atoms with Gasteiger partial charge in [0, 0.05) is 30.4 Å². The number of fused-ring (bicyclic) bond motifs is 1. The molecule has 1 aliphatic rings. The number of thiophene rings is 1. The van der Waals surface area contributed by atoms with Gasteiger partial charge in [-0.1, -0.05) is 13.8 Å². The van der Waals surface area contributed by atoms with Gasteiger partial charge in [0.2, 0.25) is 0 Å². The van der Waals surface area contributed by atoms with Crippen LogP contribution in [0.25, 0.3) is 0 Å². The van der Waals surface area contributed by atoms with Gasteiger partial charge in [0.1, 0.15) is 0 Å². The van der Waals surface area contributed by atoms with Gasteiger partial charge >= 0.3 is 0 Å². The second-order valence-corrected chi connectivity index (χ2v) is 6.66. The first-order valence-corrected chi connectivity index (χ1v) is 7.22. The van der Waals surface area contributed by atoms with E-state index in [1.165, 1.54) is 11.3 Å². The molecular weight excluding hydrogens is 242 g/mol. The van der Waals surface area contributed by atoms with E-state index in [1.54, 1.807) is 11.3 Å². The van der Waals surface area contributed by atoms with Gasteiger partial charge in [-0.2, -0.15) is 11.3 Å². The summed E-state index contributed by atoms with van der Waals surface area (Å²) in [6.45, 7) is 5.23. The van der Waals surface area contributed by atoms with Crippen molar-refractivity contribution in [2.75, 3.05) is 0 Å². The molecule has 0 saturated carbocycles. The maximum absolute atomic E-state index is 12.1. The number of carbonyl (C=O) groups is 1. The fourth-order valence-electron chi connectivity index (χ4n) is 2.73. The Morgan fingerprint density at radius 1 is 1.33 bits per heavy atom. The molecule has 0 fully saturated rings. The molecule has 2 aromatic heterocycles. The van der Waals surface area contributed by atoms with Crippen molar-refractivity contribution >= 4 is 17.1 Å². The minimum Gasteiger partial charge on any atom is -0.346 e. The van der Waals surface area contributed by atoms with Crippen LogP contribution in [0.2, 0.25) is 0 Å². The van der Waals surface area contributed by atoms with E-state index in [1.807, 2.05) is 6.07 Å². The molecule has 0 bridgehead atoms. The zero-order chi connectivity index (χ0) is 12.8. The normalized spacial score (nSPS) is 17.8. The van der Waals surface area contributed by atoms with Crippen LogP contribution in [-0.4, -0.2) is 10.4 Å². The summed E-state index contributed by atoms with van der Waals surface area (Å²) in [5.41, 5.74) is 3.55. The molecule has 18 heavy (non-hydrogen) atoms. The monoisotopic (exact) mass is 259 g/mol. The molecule has 2 nitrogen and oxygen atoms in total. The smallest absolute Gasteiger partial charge is 0.165 e. The maximum Gasteiger partial charge on any atom is 0.165 e. The summed E-state index contributed by atoms with van der Waals surface area (Å²) in [6, 6.07) is 4.13. The fourth-order valence-corrected chi connectivity index (χ4v) is 3.39. The van der Waals surface area contributed by atoms with Crippen molar-refractivity contribution in [3.63, 3.8) is 0 Å². The van der Waals surface area contributed by atoms with Gasteiger partial charge in [-0.05, 0) is 40.3 Å². The maximum atomic E-state index is 12.1. The summed E-state index contributed by atoms with van der Waals surface area (Å²) in [5, 5.41) is 4.27. The summed E-state index contributed by atoms with van der Waals surface area (Å²) in [6.07, 6.45) is 3.72. The Morgan fingerprint density at radius 3 is 2.89 bits per heavy atom. The molecule has 0 unspecified atom stereocenters. The average molecular weight is 259 g/mol. The number of rotatable bonds is 2. The number of ketones is 1. The number of hydrogen-bond donors (Lipinski definition) is 0. The van der Waals surface area contributed by atoms with Gasteiger partial charge in [0.15, 0.2) is 5.78 Å². The molecule has 0 atom stereocenters. The second kappa shape index (κ2) is 4.09. The van der Waals surface area contributed by atoms with Crippen molar-refractivity contribution in [1.29, 1.82) is 0 Å². The number of hydrogen-bond acceptors (Lipinski definition) is 2. The zero-order valence-electron chi connectivity index (χ0n) is 10.8. The standard InChI is InChI=1S/C15H17NOS/c1-15(2)7-13-12(14(17)8-15)3-5-16(13)9-11-4-6-18-10-11/h3-6,10H,7-9H2,1-2H3. The highest BCUT2D eigenvalue weighted by Gasteiger charge is 2.32. The van der Waals surface area contributed by atoms with Crippen LogP contribution in [0.3, 0.4) is 0 Å². The molecule has 2 aromatic rings. The molecule has 94 valence electrons. The van der Waals surface area contributed by atoms with E-state index in [0.29, 0.717) is 12.2 Å². The summed E-state index contributed by atoms with van der Waals surface area (Å²) in [4.78, 5) is 12.1. The highest BCUT2D eigenvalue weighted by molar-refractivity contribution is 7.07. The van der Waals surface area contributed by atoms with Crippen molar-refractivity contribution in [2.45, 2.75) is 33.2 Å². The molecule has 3 heteroatoms. The molecule has 3 rings (SSSR count). The van der Waals surface area contributed by atoms with Crippen LogP contribution in [-0.2, 0) is 13.0 Å². The van der Waals surface area contributed by atoms with E-state index in [9.17, 15) is 4.79 Å². The first-order chi connectivity index (χ1) is 8.55. The topological polar surface area (TPSA) is 22.0 Å². The predicted molar refractivity (Wildman–Crippen MR) is 74.3 cm³/mol. The Bertz CT molecular complexity index is 578. The fraction of sp³-hybridized carbons (Fsp3) is 0.400. The Kier molecular flexibility index (Phi) is 2.67. The van der Waals surface area contributed by atoms with E-state index in [-0.39, 0.29) is 5.41 Å². The largest absolute Gasteiger partial charge is 0.346 e. The van der Waals surface area contributed by atoms with Gasteiger partial charge < -0.3 is 4.57 Å². The lowest BCUT2D eigenvalue weighted by Crippen LogP contribution is -2.28. The number of Topliss-reactive ketones (excluding diaryl/α,β-unsaturated/α-hetero) is 1. The van der Waals surface area contributed by atoms with Gasteiger partial charge in [-0.15, -0.1) is 0 Å². The molecule has 0 radical (unpaired) electrons. The second-order valence-electron chi connectivity index (χ2n) is 5.88. The summed E-state index contributed by atoms with van der Waals surface area (Å²) in [7, 11) is 0. The first-order valence-electron chi connectivity index (χ1n) is 6.27. The summed E-state index contributed by atoms with van der Waals surface area (Å²) < 4.78 is 2.23. The van der Waals surface area contributed by atoms with Crippen LogP contribution >= 0.6 is 11.3 Å². The minimum atomic E-state index is 0.0921. The third-order valence-electron chi connectivity index (χ3n) is 3.60. The SMILES string of the molecule is CC1(C)CC(=O)c2ccn(Cc3ccsc3)c2C1.